The van der Waals surface area contributed by atoms with Crippen LogP contribution in [-0.4, -0.2) is 15.9 Å². The molecule has 0 heterocycles. The number of oxime groups is 1. The third kappa shape index (κ3) is 2.15. The van der Waals surface area contributed by atoms with Crippen molar-refractivity contribution in [1.82, 2.24) is 0 Å². The molecule has 0 aliphatic rings. The van der Waals surface area contributed by atoms with E-state index in [0.29, 0.717) is 15.6 Å². The van der Waals surface area contributed by atoms with Crippen molar-refractivity contribution in [1.29, 1.82) is 0 Å². The summed E-state index contributed by atoms with van der Waals surface area (Å²) in [4.78, 5) is -0.0671. The Hall–Kier alpha value is -0.840. The van der Waals surface area contributed by atoms with Gasteiger partial charge in [-0.05, 0) is 12.1 Å². The molecule has 1 aromatic rings. The minimum absolute atomic E-state index is 0.00981. The molecule has 0 aromatic heterocycles. The van der Waals surface area contributed by atoms with Gasteiger partial charge < -0.3 is 10.9 Å². The summed E-state index contributed by atoms with van der Waals surface area (Å²) in [5, 5.41) is 12.3. The van der Waals surface area contributed by atoms with E-state index in [4.69, 9.17) is 34.1 Å². The van der Waals surface area contributed by atoms with Gasteiger partial charge in [-0.2, -0.15) is 0 Å². The first-order valence-electron chi connectivity index (χ1n) is 3.54. The highest BCUT2D eigenvalue weighted by atomic mass is 35.5. The largest absolute Gasteiger partial charge is 0.410 e. The highest BCUT2D eigenvalue weighted by Gasteiger charge is 2.15. The maximum atomic E-state index is 8.70. The van der Waals surface area contributed by atoms with Crippen molar-refractivity contribution < 1.29 is 5.21 Å². The standard InChI is InChI=1S/C8H6Cl2N2OS/c9-4-2-1-3-5(10)6(4)7(12-13)8(11)14/h1-3,13H,(H2,11,14)/b12-7-. The summed E-state index contributed by atoms with van der Waals surface area (Å²) in [6, 6.07) is 4.88. The highest BCUT2D eigenvalue weighted by molar-refractivity contribution is 7.82. The van der Waals surface area contributed by atoms with Gasteiger partial charge in [-0.25, -0.2) is 0 Å². The third-order valence-electron chi connectivity index (χ3n) is 1.53. The third-order valence-corrected chi connectivity index (χ3v) is 2.36. The minimum Gasteiger partial charge on any atom is -0.410 e. The summed E-state index contributed by atoms with van der Waals surface area (Å²) >= 11 is 16.4. The van der Waals surface area contributed by atoms with Crippen molar-refractivity contribution in [3.8, 4) is 0 Å². The minimum atomic E-state index is -0.0671. The van der Waals surface area contributed by atoms with Gasteiger partial charge in [-0.15, -0.1) is 0 Å². The van der Waals surface area contributed by atoms with E-state index in [1.807, 2.05) is 0 Å². The molecule has 0 fully saturated rings. The molecule has 0 aliphatic heterocycles. The van der Waals surface area contributed by atoms with Gasteiger partial charge in [0.1, 0.15) is 10.7 Å². The Labute approximate surface area is 96.1 Å². The van der Waals surface area contributed by atoms with Crippen molar-refractivity contribution in [3.63, 3.8) is 0 Å². The number of nitrogens with two attached hydrogens (primary N) is 1. The average Bonchev–Trinajstić information content (AvgIpc) is 2.10. The number of halogens is 2. The lowest BCUT2D eigenvalue weighted by Crippen LogP contribution is -2.22. The number of hydrogen-bond acceptors (Lipinski definition) is 3. The molecule has 0 atom stereocenters. The van der Waals surface area contributed by atoms with Gasteiger partial charge in [0, 0.05) is 5.56 Å². The molecule has 0 spiro atoms. The number of hydrogen-bond donors (Lipinski definition) is 2. The van der Waals surface area contributed by atoms with Crippen LogP contribution in [0.4, 0.5) is 0 Å². The second-order valence-electron chi connectivity index (χ2n) is 2.41. The van der Waals surface area contributed by atoms with E-state index in [-0.39, 0.29) is 10.7 Å². The van der Waals surface area contributed by atoms with Crippen molar-refractivity contribution in [2.24, 2.45) is 10.9 Å². The van der Waals surface area contributed by atoms with Crippen LogP contribution >= 0.6 is 35.4 Å². The van der Waals surface area contributed by atoms with Crippen LogP contribution in [0.5, 0.6) is 0 Å². The van der Waals surface area contributed by atoms with E-state index in [1.54, 1.807) is 18.2 Å². The molecule has 1 rings (SSSR count). The average molecular weight is 249 g/mol. The first kappa shape index (κ1) is 11.2. The molecule has 0 bridgehead atoms. The molecule has 74 valence electrons. The number of rotatable bonds is 2. The monoisotopic (exact) mass is 248 g/mol. The van der Waals surface area contributed by atoms with Crippen molar-refractivity contribution in [2.75, 3.05) is 0 Å². The molecule has 0 saturated heterocycles. The second-order valence-corrected chi connectivity index (χ2v) is 3.66. The molecule has 0 unspecified atom stereocenters. The molecular weight excluding hydrogens is 243 g/mol. The molecule has 0 aliphatic carbocycles. The second kappa shape index (κ2) is 4.59. The maximum absolute atomic E-state index is 8.70. The van der Waals surface area contributed by atoms with Gasteiger partial charge in [0.25, 0.3) is 0 Å². The van der Waals surface area contributed by atoms with E-state index in [1.165, 1.54) is 0 Å². The first-order chi connectivity index (χ1) is 6.57. The lowest BCUT2D eigenvalue weighted by atomic mass is 10.1. The Bertz CT molecular complexity index is 386. The SMILES string of the molecule is NC(=S)/C(=N\O)c1c(Cl)cccc1Cl. The fourth-order valence-corrected chi connectivity index (χ4v) is 1.67. The fraction of sp³-hybridized carbons (Fsp3) is 0. The maximum Gasteiger partial charge on any atom is 0.146 e. The smallest absolute Gasteiger partial charge is 0.146 e. The summed E-state index contributed by atoms with van der Waals surface area (Å²) in [7, 11) is 0. The lowest BCUT2D eigenvalue weighted by Gasteiger charge is -2.06. The van der Waals surface area contributed by atoms with E-state index in [0.717, 1.165) is 0 Å². The molecule has 3 N–H and O–H groups in total. The zero-order chi connectivity index (χ0) is 10.7. The van der Waals surface area contributed by atoms with Crippen LogP contribution in [0.2, 0.25) is 10.0 Å². The van der Waals surface area contributed by atoms with Gasteiger partial charge in [0.15, 0.2) is 0 Å². The van der Waals surface area contributed by atoms with Crippen molar-refractivity contribution in [2.45, 2.75) is 0 Å². The van der Waals surface area contributed by atoms with E-state index in [2.05, 4.69) is 17.4 Å². The normalized spacial score (nSPS) is 11.4. The van der Waals surface area contributed by atoms with Crippen LogP contribution in [0.1, 0.15) is 5.56 Å². The summed E-state index contributed by atoms with van der Waals surface area (Å²) in [6.45, 7) is 0. The summed E-state index contributed by atoms with van der Waals surface area (Å²) in [5.74, 6) is 0. The molecule has 0 amide bonds. The predicted octanol–water partition coefficient (Wildman–Crippen LogP) is 2.46. The van der Waals surface area contributed by atoms with Gasteiger partial charge in [-0.3, -0.25) is 0 Å². The summed E-state index contributed by atoms with van der Waals surface area (Å²) in [6.07, 6.45) is 0. The number of benzene rings is 1. The Kier molecular flexibility index (Phi) is 3.69. The van der Waals surface area contributed by atoms with E-state index < -0.39 is 0 Å². The van der Waals surface area contributed by atoms with Gasteiger partial charge >= 0.3 is 0 Å². The van der Waals surface area contributed by atoms with Crippen LogP contribution in [0.3, 0.4) is 0 Å². The van der Waals surface area contributed by atoms with Crippen molar-refractivity contribution >= 4 is 46.1 Å². The van der Waals surface area contributed by atoms with Gasteiger partial charge in [-0.1, -0.05) is 46.6 Å². The lowest BCUT2D eigenvalue weighted by molar-refractivity contribution is 0.320. The summed E-state index contributed by atoms with van der Waals surface area (Å²) in [5.41, 5.74) is 5.69. The Balaban J connectivity index is 3.37. The molecule has 0 radical (unpaired) electrons. The Morgan fingerprint density at radius 1 is 1.36 bits per heavy atom. The molecular formula is C8H6Cl2N2OS. The zero-order valence-corrected chi connectivity index (χ0v) is 9.20. The van der Waals surface area contributed by atoms with Crippen LogP contribution < -0.4 is 5.73 Å². The van der Waals surface area contributed by atoms with Crippen LogP contribution in [0, 0.1) is 0 Å². The molecule has 6 heteroatoms. The van der Waals surface area contributed by atoms with E-state index >= 15 is 0 Å². The molecule has 14 heavy (non-hydrogen) atoms. The van der Waals surface area contributed by atoms with Gasteiger partial charge in [0.2, 0.25) is 0 Å². The first-order valence-corrected chi connectivity index (χ1v) is 4.70. The molecule has 3 nitrogen and oxygen atoms in total. The van der Waals surface area contributed by atoms with Crippen LogP contribution in [0.25, 0.3) is 0 Å². The topological polar surface area (TPSA) is 58.6 Å². The van der Waals surface area contributed by atoms with Crippen LogP contribution in [-0.2, 0) is 0 Å². The number of thiocarbonyl (C=S) groups is 1. The highest BCUT2D eigenvalue weighted by Crippen LogP contribution is 2.25. The Morgan fingerprint density at radius 2 is 1.86 bits per heavy atom. The van der Waals surface area contributed by atoms with Crippen molar-refractivity contribution in [3.05, 3.63) is 33.8 Å². The quantitative estimate of drug-likeness (QED) is 0.366. The molecule has 0 saturated carbocycles. The van der Waals surface area contributed by atoms with Crippen LogP contribution in [0.15, 0.2) is 23.4 Å². The van der Waals surface area contributed by atoms with Gasteiger partial charge in [0.05, 0.1) is 10.0 Å². The predicted molar refractivity (Wildman–Crippen MR) is 61.6 cm³/mol. The fourth-order valence-electron chi connectivity index (χ4n) is 0.947. The summed E-state index contributed by atoms with van der Waals surface area (Å²) < 4.78 is 0. The molecule has 1 aromatic carbocycles. The number of nitrogens with zero attached hydrogens (tertiary/aromatic N) is 1. The Morgan fingerprint density at radius 3 is 2.21 bits per heavy atom. The van der Waals surface area contributed by atoms with E-state index in [9.17, 15) is 0 Å². The zero-order valence-electron chi connectivity index (χ0n) is 6.87.